The van der Waals surface area contributed by atoms with Crippen molar-refractivity contribution in [2.24, 2.45) is 0 Å². The monoisotopic (exact) mass is 469 g/mol. The zero-order valence-corrected chi connectivity index (χ0v) is 19.7. The molecule has 176 valence electrons. The summed E-state index contributed by atoms with van der Waals surface area (Å²) in [6.07, 6.45) is 4.84. The van der Waals surface area contributed by atoms with Crippen molar-refractivity contribution in [3.05, 3.63) is 42.5 Å². The number of benzene rings is 2. The number of nitrogen functional groups attached to an aromatic ring is 1. The molecule has 33 heavy (non-hydrogen) atoms. The quantitative estimate of drug-likeness (QED) is 0.541. The fourth-order valence-electron chi connectivity index (χ4n) is 5.12. The van der Waals surface area contributed by atoms with Gasteiger partial charge < -0.3 is 20.1 Å². The number of ether oxygens (including phenoxy) is 1. The molecule has 5 rings (SSSR count). The maximum absolute atomic E-state index is 13.2. The highest BCUT2D eigenvalue weighted by Crippen LogP contribution is 2.45. The maximum atomic E-state index is 13.2. The molecule has 0 amide bonds. The third kappa shape index (κ3) is 3.70. The van der Waals surface area contributed by atoms with E-state index in [1.165, 1.54) is 10.7 Å². The van der Waals surface area contributed by atoms with E-state index in [0.717, 1.165) is 47.2 Å². The van der Waals surface area contributed by atoms with Gasteiger partial charge in [0, 0.05) is 35.6 Å². The smallest absolute Gasteiger partial charge is 0.243 e. The number of rotatable bonds is 7. The summed E-state index contributed by atoms with van der Waals surface area (Å²) < 4.78 is 35.8. The third-order valence-electron chi connectivity index (χ3n) is 7.03. The molecule has 1 aliphatic heterocycles. The highest BCUT2D eigenvalue weighted by molar-refractivity contribution is 7.89. The number of nitrogens with two attached hydrogens (primary N) is 1. The lowest BCUT2D eigenvalue weighted by Gasteiger charge is -2.30. The zero-order chi connectivity index (χ0) is 23.2. The predicted molar refractivity (Wildman–Crippen MR) is 130 cm³/mol. The molecule has 0 spiro atoms. The normalized spacial score (nSPS) is 19.8. The summed E-state index contributed by atoms with van der Waals surface area (Å²) in [5, 5.41) is 10.6. The number of anilines is 1. The molecule has 0 bridgehead atoms. The van der Waals surface area contributed by atoms with Crippen LogP contribution in [0.1, 0.15) is 45.1 Å². The molecule has 3 N–H and O–H groups in total. The summed E-state index contributed by atoms with van der Waals surface area (Å²) in [6.45, 7) is 2.86. The van der Waals surface area contributed by atoms with Gasteiger partial charge in [0.05, 0.1) is 35.0 Å². The van der Waals surface area contributed by atoms with Crippen molar-refractivity contribution in [3.8, 4) is 17.0 Å². The van der Waals surface area contributed by atoms with Gasteiger partial charge in [-0.3, -0.25) is 0 Å². The van der Waals surface area contributed by atoms with Gasteiger partial charge in [-0.25, -0.2) is 8.42 Å². The number of hydrogen-bond acceptors (Lipinski definition) is 5. The first-order chi connectivity index (χ1) is 16.0. The predicted octanol–water partition coefficient (Wildman–Crippen LogP) is 4.16. The summed E-state index contributed by atoms with van der Waals surface area (Å²) in [4.78, 5) is 0.245. The van der Waals surface area contributed by atoms with E-state index in [9.17, 15) is 13.5 Å². The van der Waals surface area contributed by atoms with E-state index in [4.69, 9.17) is 10.5 Å². The van der Waals surface area contributed by atoms with Gasteiger partial charge in [0.2, 0.25) is 10.0 Å². The Kier molecular flexibility index (Phi) is 5.84. The zero-order valence-electron chi connectivity index (χ0n) is 18.9. The SMILES string of the molecule is CCOc1ccc2c(N)c(-c3ccc(S(=O)(=O)N4CCC[C@H]4CO)cc3)n(C3CCC3)c2c1. The van der Waals surface area contributed by atoms with Gasteiger partial charge in [-0.2, -0.15) is 4.31 Å². The summed E-state index contributed by atoms with van der Waals surface area (Å²) >= 11 is 0. The van der Waals surface area contributed by atoms with E-state index in [2.05, 4.69) is 10.6 Å². The van der Waals surface area contributed by atoms with Gasteiger partial charge >= 0.3 is 0 Å². The van der Waals surface area contributed by atoms with Gasteiger partial charge in [-0.15, -0.1) is 0 Å². The van der Waals surface area contributed by atoms with Gasteiger partial charge in [0.25, 0.3) is 0 Å². The molecule has 1 saturated heterocycles. The molecular formula is C25H31N3O4S. The van der Waals surface area contributed by atoms with Crippen molar-refractivity contribution < 1.29 is 18.3 Å². The van der Waals surface area contributed by atoms with Crippen LogP contribution < -0.4 is 10.5 Å². The van der Waals surface area contributed by atoms with Crippen molar-refractivity contribution in [2.45, 2.75) is 56.0 Å². The van der Waals surface area contributed by atoms with E-state index >= 15 is 0 Å². The summed E-state index contributed by atoms with van der Waals surface area (Å²) in [5.41, 5.74) is 10.2. The van der Waals surface area contributed by atoms with Crippen LogP contribution in [0.4, 0.5) is 5.69 Å². The molecular weight excluding hydrogens is 438 g/mol. The Hall–Kier alpha value is -2.55. The highest BCUT2D eigenvalue weighted by atomic mass is 32.2. The van der Waals surface area contributed by atoms with Crippen molar-refractivity contribution >= 4 is 26.6 Å². The Morgan fingerprint density at radius 3 is 2.48 bits per heavy atom. The van der Waals surface area contributed by atoms with Crippen LogP contribution in [-0.2, 0) is 10.0 Å². The molecule has 1 aliphatic carbocycles. The van der Waals surface area contributed by atoms with E-state index in [0.29, 0.717) is 31.3 Å². The minimum Gasteiger partial charge on any atom is -0.494 e. The molecule has 2 heterocycles. The number of aliphatic hydroxyl groups excluding tert-OH is 1. The highest BCUT2D eigenvalue weighted by Gasteiger charge is 2.35. The summed E-state index contributed by atoms with van der Waals surface area (Å²) in [6, 6.07) is 13.0. The van der Waals surface area contributed by atoms with Gasteiger partial charge in [0.1, 0.15) is 5.75 Å². The van der Waals surface area contributed by atoms with Crippen LogP contribution in [0.5, 0.6) is 5.75 Å². The third-order valence-corrected chi connectivity index (χ3v) is 9.00. The molecule has 2 fully saturated rings. The van der Waals surface area contributed by atoms with Crippen LogP contribution in [0.15, 0.2) is 47.4 Å². The van der Waals surface area contributed by atoms with Gasteiger partial charge in [0.15, 0.2) is 0 Å². The Morgan fingerprint density at radius 1 is 1.09 bits per heavy atom. The average Bonchev–Trinajstić information content (AvgIpc) is 3.37. The van der Waals surface area contributed by atoms with Crippen molar-refractivity contribution in [1.82, 2.24) is 8.87 Å². The van der Waals surface area contributed by atoms with Crippen molar-refractivity contribution in [2.75, 3.05) is 25.5 Å². The van der Waals surface area contributed by atoms with Crippen molar-refractivity contribution in [3.63, 3.8) is 0 Å². The lowest BCUT2D eigenvalue weighted by Crippen LogP contribution is -2.37. The molecule has 0 unspecified atom stereocenters. The molecule has 3 aromatic rings. The molecule has 7 nitrogen and oxygen atoms in total. The fourth-order valence-corrected chi connectivity index (χ4v) is 6.80. The van der Waals surface area contributed by atoms with E-state index in [-0.39, 0.29) is 17.5 Å². The van der Waals surface area contributed by atoms with Crippen LogP contribution in [0.3, 0.4) is 0 Å². The molecule has 2 aromatic carbocycles. The van der Waals surface area contributed by atoms with E-state index in [1.54, 1.807) is 12.1 Å². The Morgan fingerprint density at radius 2 is 1.85 bits per heavy atom. The first kappa shape index (κ1) is 22.3. The fraction of sp³-hybridized carbons (Fsp3) is 0.440. The maximum Gasteiger partial charge on any atom is 0.243 e. The number of sulfonamides is 1. The van der Waals surface area contributed by atoms with Crippen molar-refractivity contribution in [1.29, 1.82) is 0 Å². The number of aliphatic hydroxyl groups is 1. The topological polar surface area (TPSA) is 97.8 Å². The van der Waals surface area contributed by atoms with Crippen LogP contribution >= 0.6 is 0 Å². The van der Waals surface area contributed by atoms with Crippen LogP contribution in [0.25, 0.3) is 22.2 Å². The number of aromatic nitrogens is 1. The minimum atomic E-state index is -3.65. The molecule has 1 saturated carbocycles. The summed E-state index contributed by atoms with van der Waals surface area (Å²) in [7, 11) is -3.65. The largest absolute Gasteiger partial charge is 0.494 e. The molecule has 1 atom stereocenters. The standard InChI is InChI=1S/C25H31N3O4S/c1-2-32-20-10-13-22-23(15-20)28(18-5-3-6-18)25(24(22)26)17-8-11-21(12-9-17)33(30,31)27-14-4-7-19(27)16-29/h8-13,15,18-19,29H,2-7,14,16,26H2,1H3/t19-/m0/s1. The van der Waals surface area contributed by atoms with Crippen LogP contribution in [-0.4, -0.2) is 48.2 Å². The molecule has 1 aromatic heterocycles. The Labute approximate surface area is 194 Å². The lowest BCUT2D eigenvalue weighted by atomic mass is 9.92. The second-order valence-electron chi connectivity index (χ2n) is 8.95. The molecule has 0 radical (unpaired) electrons. The number of hydrogen-bond donors (Lipinski definition) is 2. The van der Waals surface area contributed by atoms with E-state index < -0.39 is 10.0 Å². The van der Waals surface area contributed by atoms with Gasteiger partial charge in [-0.05, 0) is 63.3 Å². The first-order valence-electron chi connectivity index (χ1n) is 11.7. The average molecular weight is 470 g/mol. The second-order valence-corrected chi connectivity index (χ2v) is 10.8. The van der Waals surface area contributed by atoms with Crippen LogP contribution in [0, 0.1) is 0 Å². The number of nitrogens with zero attached hydrogens (tertiary/aromatic N) is 2. The lowest BCUT2D eigenvalue weighted by molar-refractivity contribution is 0.213. The molecule has 2 aliphatic rings. The molecule has 8 heteroatoms. The Balaban J connectivity index is 1.57. The summed E-state index contributed by atoms with van der Waals surface area (Å²) in [5.74, 6) is 0.820. The Bertz CT molecular complexity index is 1260. The minimum absolute atomic E-state index is 0.154. The number of fused-ring (bicyclic) bond motifs is 1. The first-order valence-corrected chi connectivity index (χ1v) is 13.2. The van der Waals surface area contributed by atoms with E-state index in [1.807, 2.05) is 31.2 Å². The van der Waals surface area contributed by atoms with Gasteiger partial charge in [-0.1, -0.05) is 12.1 Å². The van der Waals surface area contributed by atoms with Crippen LogP contribution in [0.2, 0.25) is 0 Å². The second kappa shape index (κ2) is 8.66.